The van der Waals surface area contributed by atoms with E-state index in [1.54, 1.807) is 13.0 Å². The number of hydrogen-bond acceptors (Lipinski definition) is 3. The van der Waals surface area contributed by atoms with E-state index >= 15 is 0 Å². The molecule has 0 amide bonds. The van der Waals surface area contributed by atoms with Crippen molar-refractivity contribution in [1.29, 1.82) is 0 Å². The van der Waals surface area contributed by atoms with Gasteiger partial charge < -0.3 is 10.5 Å². The van der Waals surface area contributed by atoms with Crippen LogP contribution in [0.3, 0.4) is 0 Å². The van der Waals surface area contributed by atoms with Crippen LogP contribution in [0, 0.1) is 6.92 Å². The normalized spacial score (nSPS) is 11.6. The van der Waals surface area contributed by atoms with E-state index in [9.17, 15) is 13.2 Å². The number of benzene rings is 1. The van der Waals surface area contributed by atoms with Gasteiger partial charge in [-0.3, -0.25) is 0 Å². The van der Waals surface area contributed by atoms with Crippen molar-refractivity contribution < 1.29 is 17.9 Å². The minimum absolute atomic E-state index is 0.124. The van der Waals surface area contributed by atoms with Crippen molar-refractivity contribution in [2.75, 3.05) is 13.2 Å². The lowest BCUT2D eigenvalue weighted by Gasteiger charge is -2.11. The fourth-order valence-corrected chi connectivity index (χ4v) is 1.89. The first-order chi connectivity index (χ1) is 7.92. The fourth-order valence-electron chi connectivity index (χ4n) is 1.25. The Labute approximate surface area is 102 Å². The van der Waals surface area contributed by atoms with Crippen LogP contribution < -0.4 is 10.5 Å². The van der Waals surface area contributed by atoms with Gasteiger partial charge >= 0.3 is 5.51 Å². The van der Waals surface area contributed by atoms with Crippen LogP contribution in [-0.2, 0) is 0 Å². The number of ether oxygens (including phenoxy) is 1. The first-order valence-corrected chi connectivity index (χ1v) is 5.93. The molecule has 0 fully saturated rings. The second-order valence-electron chi connectivity index (χ2n) is 3.47. The van der Waals surface area contributed by atoms with E-state index in [0.29, 0.717) is 24.5 Å². The molecule has 0 aliphatic rings. The van der Waals surface area contributed by atoms with Crippen molar-refractivity contribution in [2.24, 2.45) is 5.73 Å². The van der Waals surface area contributed by atoms with E-state index in [1.165, 1.54) is 12.1 Å². The Morgan fingerprint density at radius 2 is 2.06 bits per heavy atom. The van der Waals surface area contributed by atoms with Gasteiger partial charge in [0.1, 0.15) is 5.75 Å². The van der Waals surface area contributed by atoms with Gasteiger partial charge in [0.2, 0.25) is 0 Å². The Morgan fingerprint density at radius 3 is 2.59 bits per heavy atom. The lowest BCUT2D eigenvalue weighted by atomic mass is 10.2. The van der Waals surface area contributed by atoms with E-state index in [-0.39, 0.29) is 16.7 Å². The van der Waals surface area contributed by atoms with Gasteiger partial charge in [-0.05, 0) is 55.4 Å². The number of thioether (sulfide) groups is 1. The fraction of sp³-hybridized carbons (Fsp3) is 0.455. The molecule has 17 heavy (non-hydrogen) atoms. The van der Waals surface area contributed by atoms with Gasteiger partial charge in [-0.1, -0.05) is 0 Å². The van der Waals surface area contributed by atoms with Crippen LogP contribution in [0.1, 0.15) is 12.0 Å². The summed E-state index contributed by atoms with van der Waals surface area (Å²) in [6.45, 7) is 2.72. The number of hydrogen-bond donors (Lipinski definition) is 1. The maximum Gasteiger partial charge on any atom is 0.446 e. The van der Waals surface area contributed by atoms with E-state index in [4.69, 9.17) is 10.5 Å². The average molecular weight is 265 g/mol. The van der Waals surface area contributed by atoms with Gasteiger partial charge in [0.15, 0.2) is 0 Å². The van der Waals surface area contributed by atoms with Crippen molar-refractivity contribution in [3.8, 4) is 5.75 Å². The van der Waals surface area contributed by atoms with Crippen LogP contribution >= 0.6 is 11.8 Å². The number of rotatable bonds is 5. The van der Waals surface area contributed by atoms with E-state index in [1.807, 2.05) is 0 Å². The lowest BCUT2D eigenvalue weighted by molar-refractivity contribution is -0.0328. The largest absolute Gasteiger partial charge is 0.493 e. The van der Waals surface area contributed by atoms with Gasteiger partial charge in [0, 0.05) is 4.90 Å². The zero-order valence-corrected chi connectivity index (χ0v) is 10.2. The SMILES string of the molecule is Cc1cc(SC(F)(F)F)ccc1OCCCN. The van der Waals surface area contributed by atoms with Crippen LogP contribution in [0.2, 0.25) is 0 Å². The maximum absolute atomic E-state index is 12.1. The highest BCUT2D eigenvalue weighted by Crippen LogP contribution is 2.38. The van der Waals surface area contributed by atoms with Crippen LogP contribution in [-0.4, -0.2) is 18.7 Å². The third kappa shape index (κ3) is 5.32. The molecule has 2 N–H and O–H groups in total. The molecule has 0 aliphatic heterocycles. The third-order valence-electron chi connectivity index (χ3n) is 1.99. The molecule has 0 radical (unpaired) electrons. The third-order valence-corrected chi connectivity index (χ3v) is 2.71. The summed E-state index contributed by atoms with van der Waals surface area (Å²) in [6.07, 6.45) is 0.721. The first kappa shape index (κ1) is 14.2. The monoisotopic (exact) mass is 265 g/mol. The summed E-state index contributed by atoms with van der Waals surface area (Å²) >= 11 is -0.124. The Kier molecular flexibility index (Phi) is 5.14. The minimum atomic E-state index is -4.26. The Hall–Kier alpha value is -0.880. The first-order valence-electron chi connectivity index (χ1n) is 5.11. The molecular weight excluding hydrogens is 251 g/mol. The molecule has 0 unspecified atom stereocenters. The van der Waals surface area contributed by atoms with Crippen molar-refractivity contribution in [3.05, 3.63) is 23.8 Å². The van der Waals surface area contributed by atoms with Gasteiger partial charge in [0.25, 0.3) is 0 Å². The summed E-state index contributed by atoms with van der Waals surface area (Å²) in [4.78, 5) is 0.168. The summed E-state index contributed by atoms with van der Waals surface area (Å²) in [5, 5.41) is 0. The van der Waals surface area contributed by atoms with Crippen molar-refractivity contribution in [1.82, 2.24) is 0 Å². The standard InChI is InChI=1S/C11H14F3NOS/c1-8-7-9(17-11(12,13)14)3-4-10(8)16-6-2-5-15/h3-4,7H,2,5-6,15H2,1H3. The highest BCUT2D eigenvalue weighted by molar-refractivity contribution is 8.00. The molecule has 0 spiro atoms. The molecule has 96 valence electrons. The Morgan fingerprint density at radius 1 is 1.35 bits per heavy atom. The molecule has 0 heterocycles. The summed E-state index contributed by atoms with van der Waals surface area (Å²) in [6, 6.07) is 4.43. The molecule has 1 aromatic rings. The predicted octanol–water partition coefficient (Wildman–Crippen LogP) is 3.33. The molecule has 2 nitrogen and oxygen atoms in total. The zero-order chi connectivity index (χ0) is 12.9. The molecule has 1 rings (SSSR count). The number of halogens is 3. The minimum Gasteiger partial charge on any atom is -0.493 e. The van der Waals surface area contributed by atoms with Crippen molar-refractivity contribution >= 4 is 11.8 Å². The van der Waals surface area contributed by atoms with E-state index in [0.717, 1.165) is 6.42 Å². The molecule has 1 aromatic carbocycles. The van der Waals surface area contributed by atoms with Gasteiger partial charge in [-0.25, -0.2) is 0 Å². The second kappa shape index (κ2) is 6.16. The molecule has 0 aliphatic carbocycles. The van der Waals surface area contributed by atoms with Crippen LogP contribution in [0.4, 0.5) is 13.2 Å². The van der Waals surface area contributed by atoms with Gasteiger partial charge in [-0.2, -0.15) is 13.2 Å². The molecule has 6 heteroatoms. The van der Waals surface area contributed by atoms with Gasteiger partial charge in [0.05, 0.1) is 6.61 Å². The van der Waals surface area contributed by atoms with Crippen molar-refractivity contribution in [2.45, 2.75) is 23.7 Å². The van der Waals surface area contributed by atoms with Crippen LogP contribution in [0.25, 0.3) is 0 Å². The molecule has 0 saturated heterocycles. The molecule has 0 atom stereocenters. The highest BCUT2D eigenvalue weighted by atomic mass is 32.2. The predicted molar refractivity (Wildman–Crippen MR) is 62.3 cm³/mol. The molecule has 0 bridgehead atoms. The summed E-state index contributed by atoms with van der Waals surface area (Å²) in [7, 11) is 0. The Balaban J connectivity index is 2.66. The second-order valence-corrected chi connectivity index (χ2v) is 4.60. The maximum atomic E-state index is 12.1. The average Bonchev–Trinajstić information content (AvgIpc) is 2.19. The smallest absolute Gasteiger partial charge is 0.446 e. The summed E-state index contributed by atoms with van der Waals surface area (Å²) in [5.41, 5.74) is 1.75. The van der Waals surface area contributed by atoms with E-state index < -0.39 is 5.51 Å². The Bertz CT molecular complexity index is 368. The van der Waals surface area contributed by atoms with Crippen molar-refractivity contribution in [3.63, 3.8) is 0 Å². The summed E-state index contributed by atoms with van der Waals surface area (Å²) in [5.74, 6) is 0.602. The van der Waals surface area contributed by atoms with Crippen LogP contribution in [0.5, 0.6) is 5.75 Å². The number of nitrogens with two attached hydrogens (primary N) is 1. The topological polar surface area (TPSA) is 35.2 Å². The molecule has 0 saturated carbocycles. The number of aryl methyl sites for hydroxylation is 1. The zero-order valence-electron chi connectivity index (χ0n) is 9.38. The quantitative estimate of drug-likeness (QED) is 0.655. The summed E-state index contributed by atoms with van der Waals surface area (Å²) < 4.78 is 41.8. The highest BCUT2D eigenvalue weighted by Gasteiger charge is 2.29. The lowest BCUT2D eigenvalue weighted by Crippen LogP contribution is -2.06. The van der Waals surface area contributed by atoms with Crippen LogP contribution in [0.15, 0.2) is 23.1 Å². The number of alkyl halides is 3. The molecule has 0 aromatic heterocycles. The van der Waals surface area contributed by atoms with E-state index in [2.05, 4.69) is 0 Å². The molecular formula is C11H14F3NOS. The van der Waals surface area contributed by atoms with Gasteiger partial charge in [-0.15, -0.1) is 0 Å².